The van der Waals surface area contributed by atoms with Crippen molar-refractivity contribution in [2.45, 2.75) is 44.4 Å². The van der Waals surface area contributed by atoms with Gasteiger partial charge < -0.3 is 0 Å². The van der Waals surface area contributed by atoms with Crippen molar-refractivity contribution in [3.05, 3.63) is 82.9 Å². The zero-order chi connectivity index (χ0) is 16.3. The van der Waals surface area contributed by atoms with Gasteiger partial charge in [0.15, 0.2) is 0 Å². The second-order valence-electron chi connectivity index (χ2n) is 7.73. The molecule has 0 spiro atoms. The van der Waals surface area contributed by atoms with Crippen molar-refractivity contribution in [1.82, 2.24) is 0 Å². The van der Waals surface area contributed by atoms with Gasteiger partial charge in [0.25, 0.3) is 0 Å². The lowest BCUT2D eigenvalue weighted by Crippen LogP contribution is -2.20. The van der Waals surface area contributed by atoms with Crippen LogP contribution < -0.4 is 0 Å². The van der Waals surface area contributed by atoms with Crippen LogP contribution in [-0.2, 0) is 0 Å². The first-order valence-corrected chi connectivity index (χ1v) is 9.36. The molecule has 0 aromatic heterocycles. The Balaban J connectivity index is 1.76. The van der Waals surface area contributed by atoms with Crippen LogP contribution in [0.4, 0.5) is 0 Å². The minimum absolute atomic E-state index is 0.542. The molecular formula is C24H24. The quantitative estimate of drug-likeness (QED) is 0.559. The van der Waals surface area contributed by atoms with Crippen LogP contribution in [0.15, 0.2) is 60.7 Å². The lowest BCUT2D eigenvalue weighted by Gasteiger charge is -2.34. The van der Waals surface area contributed by atoms with Crippen LogP contribution in [-0.4, -0.2) is 0 Å². The summed E-state index contributed by atoms with van der Waals surface area (Å²) in [5, 5.41) is 0. The van der Waals surface area contributed by atoms with Crippen LogP contribution in [0.2, 0.25) is 0 Å². The van der Waals surface area contributed by atoms with Gasteiger partial charge in [0.1, 0.15) is 0 Å². The number of rotatable bonds is 1. The van der Waals surface area contributed by atoms with Crippen LogP contribution in [0.5, 0.6) is 0 Å². The van der Waals surface area contributed by atoms with Gasteiger partial charge in [0.2, 0.25) is 0 Å². The zero-order valence-corrected chi connectivity index (χ0v) is 14.4. The largest absolute Gasteiger partial charge is 0.0946 e. The van der Waals surface area contributed by atoms with Crippen molar-refractivity contribution in [2.24, 2.45) is 5.92 Å². The Hall–Kier alpha value is -2.08. The standard InChI is InChI=1S/C24H24/c1-15-18-13-8-14-21-19-11-6-7-12-20(19)23(24(18)21)16(2)22(15)17-9-4-3-5-10-17/h3-5,8-10,13-14,19-20,23H,2,6-7,11-12H2,1H3. The Morgan fingerprint density at radius 3 is 2.54 bits per heavy atom. The van der Waals surface area contributed by atoms with Gasteiger partial charge in [-0.25, -0.2) is 0 Å². The Kier molecular flexibility index (Phi) is 3.10. The van der Waals surface area contributed by atoms with E-state index in [0.29, 0.717) is 5.92 Å². The van der Waals surface area contributed by atoms with E-state index in [1.165, 1.54) is 53.5 Å². The molecule has 3 aliphatic rings. The fourth-order valence-electron chi connectivity index (χ4n) is 5.71. The highest BCUT2D eigenvalue weighted by molar-refractivity contribution is 6.02. The Labute approximate surface area is 144 Å². The highest BCUT2D eigenvalue weighted by Gasteiger charge is 2.46. The fourth-order valence-corrected chi connectivity index (χ4v) is 5.71. The molecule has 0 amide bonds. The van der Waals surface area contributed by atoms with E-state index in [4.69, 9.17) is 0 Å². The van der Waals surface area contributed by atoms with Gasteiger partial charge in [-0.15, -0.1) is 0 Å². The average molecular weight is 312 g/mol. The van der Waals surface area contributed by atoms with Gasteiger partial charge in [-0.2, -0.15) is 0 Å². The van der Waals surface area contributed by atoms with Crippen LogP contribution in [0.3, 0.4) is 0 Å². The fraction of sp³-hybridized carbons (Fsp3) is 0.333. The highest BCUT2D eigenvalue weighted by Crippen LogP contribution is 2.61. The van der Waals surface area contributed by atoms with E-state index in [0.717, 1.165) is 11.8 Å². The summed E-state index contributed by atoms with van der Waals surface area (Å²) in [6, 6.07) is 17.9. The van der Waals surface area contributed by atoms with E-state index in [-0.39, 0.29) is 0 Å². The summed E-state index contributed by atoms with van der Waals surface area (Å²) in [7, 11) is 0. The first-order valence-electron chi connectivity index (χ1n) is 9.36. The van der Waals surface area contributed by atoms with Gasteiger partial charge in [-0.05, 0) is 70.6 Å². The van der Waals surface area contributed by atoms with Gasteiger partial charge in [0.05, 0.1) is 0 Å². The Morgan fingerprint density at radius 2 is 1.71 bits per heavy atom. The molecule has 5 rings (SSSR count). The second kappa shape index (κ2) is 5.21. The maximum absolute atomic E-state index is 4.64. The van der Waals surface area contributed by atoms with Crippen molar-refractivity contribution in [3.8, 4) is 0 Å². The van der Waals surface area contributed by atoms with E-state index in [1.807, 2.05) is 0 Å². The molecule has 0 heterocycles. The first kappa shape index (κ1) is 14.3. The maximum atomic E-state index is 4.64. The molecule has 2 aromatic rings. The molecule has 1 fully saturated rings. The van der Waals surface area contributed by atoms with Crippen molar-refractivity contribution < 1.29 is 0 Å². The number of benzene rings is 2. The molecular weight excluding hydrogens is 288 g/mol. The van der Waals surface area contributed by atoms with Crippen LogP contribution in [0, 0.1) is 5.92 Å². The van der Waals surface area contributed by atoms with E-state index < -0.39 is 0 Å². The topological polar surface area (TPSA) is 0 Å². The Bertz CT molecular complexity index is 853. The number of hydrogen-bond donors (Lipinski definition) is 0. The highest BCUT2D eigenvalue weighted by atomic mass is 14.5. The van der Waals surface area contributed by atoms with E-state index in [2.05, 4.69) is 62.0 Å². The second-order valence-corrected chi connectivity index (χ2v) is 7.73. The summed E-state index contributed by atoms with van der Waals surface area (Å²) in [6.07, 6.45) is 5.51. The molecule has 0 bridgehead atoms. The smallest absolute Gasteiger partial charge is 0.0133 e. The molecule has 3 aliphatic carbocycles. The van der Waals surface area contributed by atoms with Gasteiger partial charge >= 0.3 is 0 Å². The normalized spacial score (nSPS) is 27.9. The lowest BCUT2D eigenvalue weighted by molar-refractivity contribution is 0.308. The first-order chi connectivity index (χ1) is 11.8. The molecule has 0 heteroatoms. The zero-order valence-electron chi connectivity index (χ0n) is 14.4. The van der Waals surface area contributed by atoms with Crippen molar-refractivity contribution in [3.63, 3.8) is 0 Å². The molecule has 0 N–H and O–H groups in total. The van der Waals surface area contributed by atoms with E-state index >= 15 is 0 Å². The third-order valence-electron chi connectivity index (χ3n) is 6.64. The summed E-state index contributed by atoms with van der Waals surface area (Å²) in [4.78, 5) is 0. The SMILES string of the molecule is C=C1C(c2ccccc2)=C(C)c2cccc3c2C1C1CCCCC31. The summed E-state index contributed by atoms with van der Waals surface area (Å²) < 4.78 is 0. The van der Waals surface area contributed by atoms with E-state index in [9.17, 15) is 0 Å². The molecule has 24 heavy (non-hydrogen) atoms. The van der Waals surface area contributed by atoms with Crippen LogP contribution >= 0.6 is 0 Å². The van der Waals surface area contributed by atoms with Crippen molar-refractivity contribution in [2.75, 3.05) is 0 Å². The minimum atomic E-state index is 0.542. The molecule has 3 unspecified atom stereocenters. The summed E-state index contributed by atoms with van der Waals surface area (Å²) in [6.45, 7) is 6.93. The number of fused-ring (bicyclic) bond motifs is 3. The number of allylic oxidation sites excluding steroid dienone is 3. The number of hydrogen-bond acceptors (Lipinski definition) is 0. The predicted octanol–water partition coefficient (Wildman–Crippen LogP) is 6.56. The minimum Gasteiger partial charge on any atom is -0.0946 e. The molecule has 0 saturated heterocycles. The molecule has 0 aliphatic heterocycles. The Morgan fingerprint density at radius 1 is 0.917 bits per heavy atom. The molecule has 0 nitrogen and oxygen atoms in total. The monoisotopic (exact) mass is 312 g/mol. The molecule has 120 valence electrons. The van der Waals surface area contributed by atoms with Crippen LogP contribution in [0.1, 0.15) is 66.7 Å². The summed E-state index contributed by atoms with van der Waals surface area (Å²) in [5.41, 5.74) is 10.3. The summed E-state index contributed by atoms with van der Waals surface area (Å²) in [5.74, 6) is 2.08. The lowest BCUT2D eigenvalue weighted by atomic mass is 9.69. The van der Waals surface area contributed by atoms with Crippen molar-refractivity contribution in [1.29, 1.82) is 0 Å². The van der Waals surface area contributed by atoms with Crippen LogP contribution in [0.25, 0.3) is 11.1 Å². The molecule has 3 atom stereocenters. The van der Waals surface area contributed by atoms with Gasteiger partial charge in [0, 0.05) is 5.92 Å². The third-order valence-corrected chi connectivity index (χ3v) is 6.64. The summed E-state index contributed by atoms with van der Waals surface area (Å²) >= 11 is 0. The average Bonchev–Trinajstić information content (AvgIpc) is 2.96. The van der Waals surface area contributed by atoms with Gasteiger partial charge in [-0.1, -0.05) is 68.0 Å². The van der Waals surface area contributed by atoms with Crippen molar-refractivity contribution >= 4 is 11.1 Å². The molecule has 2 aromatic carbocycles. The maximum Gasteiger partial charge on any atom is 0.0133 e. The molecule has 0 radical (unpaired) electrons. The van der Waals surface area contributed by atoms with E-state index in [1.54, 1.807) is 11.1 Å². The third kappa shape index (κ3) is 1.80. The molecule has 1 saturated carbocycles. The van der Waals surface area contributed by atoms with Gasteiger partial charge in [-0.3, -0.25) is 0 Å². The predicted molar refractivity (Wildman–Crippen MR) is 102 cm³/mol.